The molecule has 2 aromatic carbocycles. The number of nitrogens with one attached hydrogen (secondary N) is 1. The molecule has 6 heteroatoms. The van der Waals surface area contributed by atoms with Crippen LogP contribution >= 0.6 is 23.4 Å². The normalized spacial score (nSPS) is 11.7. The maximum absolute atomic E-state index is 12.5. The highest BCUT2D eigenvalue weighted by Gasteiger charge is 2.23. The van der Waals surface area contributed by atoms with E-state index < -0.39 is 12.0 Å². The molecule has 4 nitrogen and oxygen atoms in total. The van der Waals surface area contributed by atoms with Crippen molar-refractivity contribution in [1.82, 2.24) is 5.32 Å². The van der Waals surface area contributed by atoms with E-state index in [9.17, 15) is 9.59 Å². The maximum atomic E-state index is 12.5. The van der Waals surface area contributed by atoms with E-state index in [1.165, 1.54) is 0 Å². The lowest BCUT2D eigenvalue weighted by Gasteiger charge is -2.18. The molecule has 0 aromatic heterocycles. The van der Waals surface area contributed by atoms with Crippen LogP contribution in [0.15, 0.2) is 48.5 Å². The number of amides is 1. The van der Waals surface area contributed by atoms with Gasteiger partial charge in [0.05, 0.1) is 10.6 Å². The zero-order valence-corrected chi connectivity index (χ0v) is 16.4. The van der Waals surface area contributed by atoms with Crippen LogP contribution in [0, 0.1) is 6.92 Å². The second-order valence-corrected chi connectivity index (χ2v) is 7.21. The molecule has 1 N–H and O–H groups in total. The van der Waals surface area contributed by atoms with Crippen molar-refractivity contribution in [1.29, 1.82) is 0 Å². The van der Waals surface area contributed by atoms with Crippen molar-refractivity contribution in [2.24, 2.45) is 0 Å². The summed E-state index contributed by atoms with van der Waals surface area (Å²) in [5.74, 6) is -0.0929. The maximum Gasteiger partial charge on any atom is 0.329 e. The van der Waals surface area contributed by atoms with E-state index in [1.54, 1.807) is 36.0 Å². The summed E-state index contributed by atoms with van der Waals surface area (Å²) in [5, 5.41) is 3.10. The summed E-state index contributed by atoms with van der Waals surface area (Å²) in [6.07, 6.45) is 2.44. The van der Waals surface area contributed by atoms with Gasteiger partial charge < -0.3 is 10.1 Å². The standard InChI is InChI=1S/C20H22ClNO3S/c1-14-7-3-4-8-15(14)13-25-20(24)18(11-12-26-2)22-19(23)16-9-5-6-10-17(16)21/h3-10,18H,11-13H2,1-2H3,(H,22,23). The van der Waals surface area contributed by atoms with Crippen molar-refractivity contribution < 1.29 is 14.3 Å². The van der Waals surface area contributed by atoms with Gasteiger partial charge in [0.25, 0.3) is 5.91 Å². The van der Waals surface area contributed by atoms with Crippen LogP contribution in [0.4, 0.5) is 0 Å². The van der Waals surface area contributed by atoms with Gasteiger partial charge in [0.2, 0.25) is 0 Å². The zero-order chi connectivity index (χ0) is 18.9. The van der Waals surface area contributed by atoms with Gasteiger partial charge in [0.1, 0.15) is 12.6 Å². The highest BCUT2D eigenvalue weighted by Crippen LogP contribution is 2.16. The highest BCUT2D eigenvalue weighted by molar-refractivity contribution is 7.98. The summed E-state index contributed by atoms with van der Waals surface area (Å²) in [5.41, 5.74) is 2.35. The van der Waals surface area contributed by atoms with E-state index >= 15 is 0 Å². The molecular weight excluding hydrogens is 370 g/mol. The minimum atomic E-state index is -0.713. The molecule has 1 atom stereocenters. The van der Waals surface area contributed by atoms with Crippen molar-refractivity contribution >= 4 is 35.2 Å². The Bertz CT molecular complexity index is 766. The number of aryl methyl sites for hydroxylation is 1. The van der Waals surface area contributed by atoms with Crippen molar-refractivity contribution in [3.8, 4) is 0 Å². The molecule has 0 radical (unpaired) electrons. The number of hydrogen-bond acceptors (Lipinski definition) is 4. The number of esters is 1. The van der Waals surface area contributed by atoms with E-state index in [0.717, 1.165) is 16.9 Å². The van der Waals surface area contributed by atoms with Gasteiger partial charge >= 0.3 is 5.97 Å². The van der Waals surface area contributed by atoms with Crippen LogP contribution in [0.2, 0.25) is 5.02 Å². The first kappa shape index (κ1) is 20.3. The fourth-order valence-corrected chi connectivity index (χ4v) is 3.08. The highest BCUT2D eigenvalue weighted by atomic mass is 35.5. The van der Waals surface area contributed by atoms with Crippen molar-refractivity contribution in [2.75, 3.05) is 12.0 Å². The van der Waals surface area contributed by atoms with Gasteiger partial charge in [-0.2, -0.15) is 11.8 Å². The van der Waals surface area contributed by atoms with Gasteiger partial charge in [-0.3, -0.25) is 4.79 Å². The van der Waals surface area contributed by atoms with Gasteiger partial charge in [-0.25, -0.2) is 4.79 Å². The summed E-state index contributed by atoms with van der Waals surface area (Å²) in [7, 11) is 0. The predicted molar refractivity (Wildman–Crippen MR) is 107 cm³/mol. The third kappa shape index (κ3) is 5.78. The summed E-state index contributed by atoms with van der Waals surface area (Å²) >= 11 is 7.67. The molecule has 2 aromatic rings. The molecule has 0 bridgehead atoms. The van der Waals surface area contributed by atoms with Gasteiger partial charge in [-0.1, -0.05) is 48.0 Å². The number of carbonyl (C=O) groups is 2. The Morgan fingerprint density at radius 1 is 1.15 bits per heavy atom. The monoisotopic (exact) mass is 391 g/mol. The number of hydrogen-bond donors (Lipinski definition) is 1. The van der Waals surface area contributed by atoms with Crippen LogP contribution in [0.3, 0.4) is 0 Å². The minimum Gasteiger partial charge on any atom is -0.459 e. The van der Waals surface area contributed by atoms with E-state index in [0.29, 0.717) is 17.0 Å². The predicted octanol–water partition coefficient (Wildman–Crippen LogP) is 4.24. The lowest BCUT2D eigenvalue weighted by molar-refractivity contribution is -0.147. The summed E-state index contributed by atoms with van der Waals surface area (Å²) < 4.78 is 5.44. The van der Waals surface area contributed by atoms with Crippen LogP contribution in [0.25, 0.3) is 0 Å². The van der Waals surface area contributed by atoms with Gasteiger partial charge in [-0.05, 0) is 48.6 Å². The Morgan fingerprint density at radius 3 is 2.54 bits per heavy atom. The summed E-state index contributed by atoms with van der Waals surface area (Å²) in [6.45, 7) is 2.15. The molecule has 2 rings (SSSR count). The Morgan fingerprint density at radius 2 is 1.85 bits per heavy atom. The average Bonchev–Trinajstić information content (AvgIpc) is 2.64. The van der Waals surface area contributed by atoms with E-state index in [2.05, 4.69) is 5.32 Å². The molecule has 0 aliphatic carbocycles. The molecule has 138 valence electrons. The molecule has 0 heterocycles. The molecule has 1 unspecified atom stereocenters. The fourth-order valence-electron chi connectivity index (χ4n) is 2.39. The van der Waals surface area contributed by atoms with Gasteiger partial charge in [-0.15, -0.1) is 0 Å². The average molecular weight is 392 g/mol. The summed E-state index contributed by atoms with van der Waals surface area (Å²) in [6, 6.07) is 13.8. The van der Waals surface area contributed by atoms with Crippen LogP contribution in [-0.2, 0) is 16.1 Å². The first-order valence-corrected chi connectivity index (χ1v) is 10.1. The number of benzene rings is 2. The molecule has 0 aliphatic heterocycles. The molecule has 1 amide bonds. The number of halogens is 1. The van der Waals surface area contributed by atoms with E-state index in [1.807, 2.05) is 37.4 Å². The number of rotatable bonds is 8. The topological polar surface area (TPSA) is 55.4 Å². The first-order chi connectivity index (χ1) is 12.5. The van der Waals surface area contributed by atoms with E-state index in [-0.39, 0.29) is 12.5 Å². The van der Waals surface area contributed by atoms with Crippen molar-refractivity contribution in [3.63, 3.8) is 0 Å². The second kappa shape index (κ2) is 10.2. The van der Waals surface area contributed by atoms with Crippen LogP contribution < -0.4 is 5.32 Å². The third-order valence-electron chi connectivity index (χ3n) is 3.95. The van der Waals surface area contributed by atoms with Crippen LogP contribution in [-0.4, -0.2) is 29.9 Å². The molecule has 0 saturated heterocycles. The second-order valence-electron chi connectivity index (χ2n) is 5.82. The lowest BCUT2D eigenvalue weighted by Crippen LogP contribution is -2.42. The van der Waals surface area contributed by atoms with Crippen LogP contribution in [0.1, 0.15) is 27.9 Å². The van der Waals surface area contributed by atoms with Gasteiger partial charge in [0.15, 0.2) is 0 Å². The Kier molecular flexibility index (Phi) is 8.01. The number of thioether (sulfide) groups is 1. The zero-order valence-electron chi connectivity index (χ0n) is 14.8. The van der Waals surface area contributed by atoms with E-state index in [4.69, 9.17) is 16.3 Å². The Labute approximate surface area is 163 Å². The minimum absolute atomic E-state index is 0.184. The molecule has 0 aliphatic rings. The molecule has 0 fully saturated rings. The Balaban J connectivity index is 2.03. The number of ether oxygens (including phenoxy) is 1. The molecule has 0 spiro atoms. The molecule has 0 saturated carbocycles. The quantitative estimate of drug-likeness (QED) is 0.683. The molecule has 26 heavy (non-hydrogen) atoms. The first-order valence-electron chi connectivity index (χ1n) is 8.28. The van der Waals surface area contributed by atoms with Crippen LogP contribution in [0.5, 0.6) is 0 Å². The third-order valence-corrected chi connectivity index (χ3v) is 4.92. The SMILES string of the molecule is CSCCC(NC(=O)c1ccccc1Cl)C(=O)OCc1ccccc1C. The largest absolute Gasteiger partial charge is 0.459 e. The fraction of sp³-hybridized carbons (Fsp3) is 0.300. The summed E-state index contributed by atoms with van der Waals surface area (Å²) in [4.78, 5) is 25.0. The Hall–Kier alpha value is -1.98. The number of carbonyl (C=O) groups excluding carboxylic acids is 2. The van der Waals surface area contributed by atoms with Crippen molar-refractivity contribution in [2.45, 2.75) is 26.0 Å². The van der Waals surface area contributed by atoms with Gasteiger partial charge in [0, 0.05) is 0 Å². The smallest absolute Gasteiger partial charge is 0.329 e. The lowest BCUT2D eigenvalue weighted by atomic mass is 10.1. The van der Waals surface area contributed by atoms with Crippen molar-refractivity contribution in [3.05, 3.63) is 70.2 Å². The molecular formula is C20H22ClNO3S.